The van der Waals surface area contributed by atoms with Crippen molar-refractivity contribution in [3.05, 3.63) is 51.8 Å². The number of carbonyl (C=O) groups is 1. The van der Waals surface area contributed by atoms with Crippen molar-refractivity contribution in [2.45, 2.75) is 33.0 Å². The number of hydrogen-bond acceptors (Lipinski definition) is 4. The Bertz CT molecular complexity index is 764. The van der Waals surface area contributed by atoms with E-state index < -0.39 is 0 Å². The molecule has 0 radical (unpaired) electrons. The molecule has 1 fully saturated rings. The molecule has 0 unspecified atom stereocenters. The van der Waals surface area contributed by atoms with Crippen molar-refractivity contribution in [3.63, 3.8) is 0 Å². The van der Waals surface area contributed by atoms with Gasteiger partial charge >= 0.3 is 0 Å². The molecule has 0 spiro atoms. The molecular formula is C19H20O4. The lowest BCUT2D eigenvalue weighted by atomic mass is 9.80. The first-order valence-electron chi connectivity index (χ1n) is 7.96. The summed E-state index contributed by atoms with van der Waals surface area (Å²) in [7, 11) is 0. The van der Waals surface area contributed by atoms with Crippen LogP contribution in [0.4, 0.5) is 0 Å². The van der Waals surface area contributed by atoms with Gasteiger partial charge in [0.25, 0.3) is 0 Å². The van der Waals surface area contributed by atoms with Crippen LogP contribution >= 0.6 is 0 Å². The Morgan fingerprint density at radius 3 is 2.39 bits per heavy atom. The number of aliphatic hydroxyl groups excluding tert-OH is 2. The van der Waals surface area contributed by atoms with E-state index in [-0.39, 0.29) is 42.2 Å². The van der Waals surface area contributed by atoms with Gasteiger partial charge in [-0.25, -0.2) is 0 Å². The molecule has 2 N–H and O–H groups in total. The second kappa shape index (κ2) is 4.79. The van der Waals surface area contributed by atoms with Gasteiger partial charge in [-0.2, -0.15) is 0 Å². The van der Waals surface area contributed by atoms with Gasteiger partial charge in [-0.15, -0.1) is 0 Å². The summed E-state index contributed by atoms with van der Waals surface area (Å²) in [6.45, 7) is 5.87. The molecule has 0 saturated carbocycles. The van der Waals surface area contributed by atoms with Crippen LogP contribution in [-0.4, -0.2) is 34.8 Å². The Morgan fingerprint density at radius 1 is 1.13 bits per heavy atom. The summed E-state index contributed by atoms with van der Waals surface area (Å²) >= 11 is 0. The molecular weight excluding hydrogens is 292 g/mol. The van der Waals surface area contributed by atoms with E-state index in [1.165, 1.54) is 0 Å². The number of carbonyl (C=O) groups excluding carboxylic acids is 1. The molecule has 0 aromatic heterocycles. The smallest absolute Gasteiger partial charge is 0.173 e. The third kappa shape index (κ3) is 1.82. The maximum Gasteiger partial charge on any atom is 0.173 e. The van der Waals surface area contributed by atoms with Crippen LogP contribution in [0.25, 0.3) is 5.57 Å². The zero-order valence-corrected chi connectivity index (χ0v) is 13.5. The number of ether oxygens (including phenoxy) is 1. The van der Waals surface area contributed by atoms with E-state index in [2.05, 4.69) is 0 Å². The molecule has 2 aliphatic heterocycles. The molecule has 1 aliphatic carbocycles. The number of aliphatic hydroxyl groups is 2. The fraction of sp³-hybridized carbons (Fsp3) is 0.421. The van der Waals surface area contributed by atoms with Crippen molar-refractivity contribution >= 4 is 11.4 Å². The molecule has 1 saturated heterocycles. The topological polar surface area (TPSA) is 66.8 Å². The number of fused-ring (bicyclic) bond motifs is 5. The van der Waals surface area contributed by atoms with E-state index in [1.807, 2.05) is 39.0 Å². The standard InChI is InChI=1S/C19H20O4/c1-8-4-9(2)13(10(3)5-8)15-17(21)14-12-6-11(7-20)19(23-12)16(14)18(15)22/h4-6,12,14,16,19-20,22H,7H2,1-3H3/t12-,14-,16+,19+/m0/s1. The van der Waals surface area contributed by atoms with E-state index >= 15 is 0 Å². The number of ketones is 1. The third-order valence-electron chi connectivity index (χ3n) is 5.35. The van der Waals surface area contributed by atoms with Gasteiger partial charge in [0, 0.05) is 0 Å². The van der Waals surface area contributed by atoms with Crippen molar-refractivity contribution in [2.24, 2.45) is 11.8 Å². The van der Waals surface area contributed by atoms with Crippen LogP contribution in [-0.2, 0) is 9.53 Å². The molecule has 1 aromatic carbocycles. The highest BCUT2D eigenvalue weighted by molar-refractivity contribution is 6.26. The SMILES string of the molecule is Cc1cc(C)c(C2=C(O)[C@H]3[C@@H](C2=O)[C@@H]2C=C(CO)[C@H]3O2)c(C)c1. The fourth-order valence-electron chi connectivity index (χ4n) is 4.55. The summed E-state index contributed by atoms with van der Waals surface area (Å²) < 4.78 is 5.78. The van der Waals surface area contributed by atoms with Crippen LogP contribution in [0.5, 0.6) is 0 Å². The van der Waals surface area contributed by atoms with Crippen LogP contribution in [0.3, 0.4) is 0 Å². The Kier molecular flexibility index (Phi) is 3.06. The molecule has 4 nitrogen and oxygen atoms in total. The van der Waals surface area contributed by atoms with Crippen LogP contribution in [0.1, 0.15) is 22.3 Å². The largest absolute Gasteiger partial charge is 0.511 e. The quantitative estimate of drug-likeness (QED) is 0.823. The monoisotopic (exact) mass is 312 g/mol. The molecule has 4 rings (SSSR count). The molecule has 4 heteroatoms. The predicted molar refractivity (Wildman–Crippen MR) is 86.0 cm³/mol. The molecule has 1 aromatic rings. The second-order valence-electron chi connectivity index (χ2n) is 6.87. The van der Waals surface area contributed by atoms with Gasteiger partial charge in [-0.3, -0.25) is 4.79 Å². The Labute approximate surface area is 135 Å². The number of allylic oxidation sites excluding steroid dienone is 1. The summed E-state index contributed by atoms with van der Waals surface area (Å²) in [6, 6.07) is 4.07. The summed E-state index contributed by atoms with van der Waals surface area (Å²) in [4.78, 5) is 13.0. The Balaban J connectivity index is 1.85. The summed E-state index contributed by atoms with van der Waals surface area (Å²) in [5, 5.41) is 20.2. The van der Waals surface area contributed by atoms with Gasteiger partial charge in [0.05, 0.1) is 36.2 Å². The average molecular weight is 312 g/mol. The number of benzene rings is 1. The van der Waals surface area contributed by atoms with E-state index in [1.54, 1.807) is 0 Å². The van der Waals surface area contributed by atoms with Crippen LogP contribution in [0.15, 0.2) is 29.5 Å². The van der Waals surface area contributed by atoms with E-state index in [9.17, 15) is 15.0 Å². The van der Waals surface area contributed by atoms with Gasteiger partial charge in [0.15, 0.2) is 5.78 Å². The molecule has 120 valence electrons. The highest BCUT2D eigenvalue weighted by Gasteiger charge is 2.59. The van der Waals surface area contributed by atoms with E-state index in [0.717, 1.165) is 27.8 Å². The van der Waals surface area contributed by atoms with Crippen molar-refractivity contribution in [3.8, 4) is 0 Å². The molecule has 23 heavy (non-hydrogen) atoms. The molecule has 2 bridgehead atoms. The van der Waals surface area contributed by atoms with E-state index in [4.69, 9.17) is 4.74 Å². The zero-order valence-electron chi connectivity index (χ0n) is 13.5. The molecule has 2 heterocycles. The normalized spacial score (nSPS) is 31.8. The van der Waals surface area contributed by atoms with Crippen molar-refractivity contribution in [2.75, 3.05) is 6.61 Å². The first-order valence-corrected chi connectivity index (χ1v) is 7.96. The number of hydrogen-bond donors (Lipinski definition) is 2. The van der Waals surface area contributed by atoms with Crippen molar-refractivity contribution < 1.29 is 19.7 Å². The highest BCUT2D eigenvalue weighted by atomic mass is 16.5. The van der Waals surface area contributed by atoms with E-state index in [0.29, 0.717) is 5.57 Å². The molecule has 0 amide bonds. The third-order valence-corrected chi connectivity index (χ3v) is 5.35. The maximum atomic E-state index is 13.0. The highest BCUT2D eigenvalue weighted by Crippen LogP contribution is 2.53. The van der Waals surface area contributed by atoms with Gasteiger partial charge in [0.1, 0.15) is 5.76 Å². The summed E-state index contributed by atoms with van der Waals surface area (Å²) in [6.07, 6.45) is 1.14. The number of rotatable bonds is 2. The maximum absolute atomic E-state index is 13.0. The fourth-order valence-corrected chi connectivity index (χ4v) is 4.55. The number of Topliss-reactive ketones (excluding diaryl/α,β-unsaturated/α-hetero) is 1. The summed E-state index contributed by atoms with van der Waals surface area (Å²) in [5.74, 6) is -0.620. The number of aryl methyl sites for hydroxylation is 3. The van der Waals surface area contributed by atoms with Crippen LogP contribution < -0.4 is 0 Å². The molecule has 4 atom stereocenters. The minimum absolute atomic E-state index is 0.0386. The van der Waals surface area contributed by atoms with Gasteiger partial charge in [-0.1, -0.05) is 23.8 Å². The zero-order chi connectivity index (χ0) is 16.5. The average Bonchev–Trinajstić information content (AvgIpc) is 3.12. The Hall–Kier alpha value is -1.91. The lowest BCUT2D eigenvalue weighted by Gasteiger charge is -2.20. The predicted octanol–water partition coefficient (Wildman–Crippen LogP) is 2.40. The van der Waals surface area contributed by atoms with Crippen LogP contribution in [0.2, 0.25) is 0 Å². The minimum atomic E-state index is -0.373. The van der Waals surface area contributed by atoms with Gasteiger partial charge in [-0.05, 0) is 43.0 Å². The second-order valence-corrected chi connectivity index (χ2v) is 6.87. The Morgan fingerprint density at radius 2 is 1.78 bits per heavy atom. The lowest BCUT2D eigenvalue weighted by molar-refractivity contribution is -0.118. The summed E-state index contributed by atoms with van der Waals surface area (Å²) in [5.41, 5.74) is 5.21. The molecule has 3 aliphatic rings. The lowest BCUT2D eigenvalue weighted by Crippen LogP contribution is -2.29. The van der Waals surface area contributed by atoms with Crippen LogP contribution in [0, 0.1) is 32.6 Å². The van der Waals surface area contributed by atoms with Crippen molar-refractivity contribution in [1.82, 2.24) is 0 Å². The van der Waals surface area contributed by atoms with Gasteiger partial charge < -0.3 is 14.9 Å². The minimum Gasteiger partial charge on any atom is -0.511 e. The first kappa shape index (κ1) is 14.7. The van der Waals surface area contributed by atoms with Gasteiger partial charge in [0.2, 0.25) is 0 Å². The first-order chi connectivity index (χ1) is 10.9. The van der Waals surface area contributed by atoms with Crippen molar-refractivity contribution in [1.29, 1.82) is 0 Å².